The molecule has 166 valence electrons. The molecule has 0 bridgehead atoms. The van der Waals surface area contributed by atoms with Crippen LogP contribution in [0.15, 0.2) is 41.3 Å². The molecule has 2 aliphatic rings. The van der Waals surface area contributed by atoms with Crippen molar-refractivity contribution in [2.45, 2.75) is 23.8 Å². The van der Waals surface area contributed by atoms with Crippen molar-refractivity contribution in [2.75, 3.05) is 32.7 Å². The van der Waals surface area contributed by atoms with Gasteiger partial charge in [0.05, 0.1) is 17.5 Å². The van der Waals surface area contributed by atoms with Crippen molar-refractivity contribution in [2.24, 2.45) is 5.92 Å². The highest BCUT2D eigenvalue weighted by Gasteiger charge is 2.38. The van der Waals surface area contributed by atoms with Gasteiger partial charge in [0.15, 0.2) is 0 Å². The van der Waals surface area contributed by atoms with E-state index in [4.69, 9.17) is 11.6 Å². The Kier molecular flexibility index (Phi) is 7.45. The van der Waals surface area contributed by atoms with Crippen LogP contribution in [0.4, 0.5) is 0 Å². The molecule has 1 amide bonds. The Morgan fingerprint density at radius 2 is 1.77 bits per heavy atom. The second-order valence-corrected chi connectivity index (χ2v) is 10.1. The number of halogens is 2. The Morgan fingerprint density at radius 1 is 1.10 bits per heavy atom. The van der Waals surface area contributed by atoms with E-state index in [-0.39, 0.29) is 48.8 Å². The molecule has 1 N–H and O–H groups in total. The lowest BCUT2D eigenvalue weighted by atomic mass is 9.89. The molecule has 1 atom stereocenters. The van der Waals surface area contributed by atoms with Crippen LogP contribution in [-0.2, 0) is 14.8 Å². The van der Waals surface area contributed by atoms with Gasteiger partial charge in [-0.05, 0) is 66.9 Å². The molecule has 2 aromatic rings. The van der Waals surface area contributed by atoms with Crippen molar-refractivity contribution in [3.8, 4) is 6.07 Å². The number of sulfonamides is 1. The molecule has 2 saturated heterocycles. The van der Waals surface area contributed by atoms with Gasteiger partial charge < -0.3 is 10.2 Å². The fraction of sp³-hybridized carbons (Fsp3) is 0.429. The Labute approximate surface area is 193 Å². The smallest absolute Gasteiger partial charge is 0.243 e. The van der Waals surface area contributed by atoms with Crippen LogP contribution in [-0.4, -0.2) is 62.3 Å². The maximum atomic E-state index is 13.1. The Balaban J connectivity index is 0.00000272. The molecule has 31 heavy (non-hydrogen) atoms. The van der Waals surface area contributed by atoms with E-state index in [0.29, 0.717) is 5.02 Å². The van der Waals surface area contributed by atoms with Gasteiger partial charge in [-0.3, -0.25) is 4.79 Å². The van der Waals surface area contributed by atoms with Gasteiger partial charge in [-0.25, -0.2) is 8.42 Å². The summed E-state index contributed by atoms with van der Waals surface area (Å²) >= 11 is 6.00. The lowest BCUT2D eigenvalue weighted by Crippen LogP contribution is -2.57. The van der Waals surface area contributed by atoms with Crippen molar-refractivity contribution < 1.29 is 13.2 Å². The molecule has 4 rings (SSSR count). The topological polar surface area (TPSA) is 93.5 Å². The van der Waals surface area contributed by atoms with E-state index >= 15 is 0 Å². The number of nitriles is 1. The number of amides is 1. The van der Waals surface area contributed by atoms with Crippen LogP contribution in [0.1, 0.15) is 12.8 Å². The fourth-order valence-corrected chi connectivity index (χ4v) is 5.85. The van der Waals surface area contributed by atoms with Crippen LogP contribution in [0.5, 0.6) is 0 Å². The molecule has 2 aliphatic heterocycles. The number of nitrogens with one attached hydrogen (secondary N) is 1. The van der Waals surface area contributed by atoms with Crippen LogP contribution in [0.2, 0.25) is 5.02 Å². The molecular formula is C21H24Cl2N4O3S. The summed E-state index contributed by atoms with van der Waals surface area (Å²) in [6.07, 6.45) is 1.68. The zero-order valence-corrected chi connectivity index (χ0v) is 19.2. The maximum absolute atomic E-state index is 13.1. The van der Waals surface area contributed by atoms with E-state index in [1.165, 1.54) is 10.4 Å². The molecule has 0 aromatic heterocycles. The number of carbonyl (C=O) groups excluding carboxylic acids is 1. The van der Waals surface area contributed by atoms with Gasteiger partial charge in [0, 0.05) is 18.1 Å². The highest BCUT2D eigenvalue weighted by molar-refractivity contribution is 7.89. The number of piperidine rings is 1. The summed E-state index contributed by atoms with van der Waals surface area (Å²) in [5.74, 6) is -0.196. The van der Waals surface area contributed by atoms with Crippen LogP contribution in [0.3, 0.4) is 0 Å². The van der Waals surface area contributed by atoms with Crippen molar-refractivity contribution in [1.29, 1.82) is 5.26 Å². The molecule has 2 heterocycles. The monoisotopic (exact) mass is 482 g/mol. The summed E-state index contributed by atoms with van der Waals surface area (Å²) in [7, 11) is -3.82. The van der Waals surface area contributed by atoms with Crippen LogP contribution in [0.25, 0.3) is 10.8 Å². The summed E-state index contributed by atoms with van der Waals surface area (Å²) in [4.78, 5) is 14.5. The molecule has 1 unspecified atom stereocenters. The minimum Gasteiger partial charge on any atom is -0.324 e. The molecule has 0 saturated carbocycles. The number of hydrogen-bond acceptors (Lipinski definition) is 5. The number of fused-ring (bicyclic) bond motifs is 1. The first-order chi connectivity index (χ1) is 14.4. The van der Waals surface area contributed by atoms with Gasteiger partial charge in [-0.2, -0.15) is 9.57 Å². The molecule has 10 heteroatoms. The van der Waals surface area contributed by atoms with Crippen molar-refractivity contribution in [1.82, 2.24) is 14.5 Å². The van der Waals surface area contributed by atoms with E-state index in [1.807, 2.05) is 0 Å². The molecule has 2 fully saturated rings. The van der Waals surface area contributed by atoms with Crippen LogP contribution >= 0.6 is 24.0 Å². The molecule has 0 aliphatic carbocycles. The van der Waals surface area contributed by atoms with Gasteiger partial charge in [-0.1, -0.05) is 23.7 Å². The summed E-state index contributed by atoms with van der Waals surface area (Å²) in [5, 5.41) is 15.1. The number of rotatable bonds is 4. The standard InChI is InChI=1S/C21H23ClN4O3S.ClH/c22-18-3-1-17-12-19(4-2-16(17)11-18)30(28,29)25-9-10-26(21(27)14-25)20(13-23)15-5-7-24-8-6-15;/h1-4,11-12,15,20,24H,5-10,14H2;1H. The highest BCUT2D eigenvalue weighted by atomic mass is 35.5. The second-order valence-electron chi connectivity index (χ2n) is 7.74. The Hall–Kier alpha value is -1.89. The zero-order chi connectivity index (χ0) is 21.3. The zero-order valence-electron chi connectivity index (χ0n) is 16.8. The largest absolute Gasteiger partial charge is 0.324 e. The van der Waals surface area contributed by atoms with E-state index in [2.05, 4.69) is 11.4 Å². The van der Waals surface area contributed by atoms with Crippen LogP contribution in [0, 0.1) is 17.2 Å². The Bertz CT molecular complexity index is 1110. The highest BCUT2D eigenvalue weighted by Crippen LogP contribution is 2.27. The molecule has 7 nitrogen and oxygen atoms in total. The predicted molar refractivity (Wildman–Crippen MR) is 122 cm³/mol. The van der Waals surface area contributed by atoms with Gasteiger partial charge in [0.2, 0.25) is 15.9 Å². The average Bonchev–Trinajstić information content (AvgIpc) is 2.75. The van der Waals surface area contributed by atoms with Crippen LogP contribution < -0.4 is 5.32 Å². The van der Waals surface area contributed by atoms with Gasteiger partial charge in [-0.15, -0.1) is 12.4 Å². The normalized spacial score (nSPS) is 19.6. The quantitative estimate of drug-likeness (QED) is 0.722. The lowest BCUT2D eigenvalue weighted by molar-refractivity contribution is -0.136. The fourth-order valence-electron chi connectivity index (χ4n) is 4.26. The third-order valence-electron chi connectivity index (χ3n) is 5.93. The third-order valence-corrected chi connectivity index (χ3v) is 8.01. The van der Waals surface area contributed by atoms with Crippen molar-refractivity contribution in [3.05, 3.63) is 41.4 Å². The molecule has 0 spiro atoms. The molecule has 2 aromatic carbocycles. The van der Waals surface area contributed by atoms with E-state index in [1.54, 1.807) is 35.2 Å². The molecule has 0 radical (unpaired) electrons. The van der Waals surface area contributed by atoms with Gasteiger partial charge in [0.25, 0.3) is 0 Å². The second kappa shape index (κ2) is 9.72. The SMILES string of the molecule is Cl.N#CC(C1CCNCC1)N1CCN(S(=O)(=O)c2ccc3cc(Cl)ccc3c2)CC1=O. The number of piperazine rings is 1. The lowest BCUT2D eigenvalue weighted by Gasteiger charge is -2.39. The summed E-state index contributed by atoms with van der Waals surface area (Å²) in [6.45, 7) is 1.82. The first-order valence-corrected chi connectivity index (χ1v) is 11.8. The van der Waals surface area contributed by atoms with E-state index in [9.17, 15) is 18.5 Å². The van der Waals surface area contributed by atoms with Gasteiger partial charge >= 0.3 is 0 Å². The first-order valence-electron chi connectivity index (χ1n) is 9.99. The first kappa shape index (κ1) is 23.8. The van der Waals surface area contributed by atoms with E-state index in [0.717, 1.165) is 36.7 Å². The maximum Gasteiger partial charge on any atom is 0.243 e. The molecular weight excluding hydrogens is 459 g/mol. The minimum absolute atomic E-state index is 0. The third kappa shape index (κ3) is 4.81. The van der Waals surface area contributed by atoms with E-state index < -0.39 is 16.1 Å². The summed E-state index contributed by atoms with van der Waals surface area (Å²) < 4.78 is 27.5. The number of carbonyl (C=O) groups is 1. The predicted octanol–water partition coefficient (Wildman–Crippen LogP) is 2.64. The Morgan fingerprint density at radius 3 is 2.45 bits per heavy atom. The number of hydrogen-bond donors (Lipinski definition) is 1. The van der Waals surface area contributed by atoms with Crippen molar-refractivity contribution >= 4 is 50.7 Å². The van der Waals surface area contributed by atoms with Crippen molar-refractivity contribution in [3.63, 3.8) is 0 Å². The van der Waals surface area contributed by atoms with Gasteiger partial charge in [0.1, 0.15) is 6.04 Å². The summed E-state index contributed by atoms with van der Waals surface area (Å²) in [5.41, 5.74) is 0. The minimum atomic E-state index is -3.82. The number of nitrogens with zero attached hydrogens (tertiary/aromatic N) is 3. The average molecular weight is 483 g/mol. The number of benzene rings is 2. The summed E-state index contributed by atoms with van der Waals surface area (Å²) in [6, 6.07) is 11.9.